The lowest BCUT2D eigenvalue weighted by Gasteiger charge is -2.14. The Hall–Kier alpha value is -0.640. The third kappa shape index (κ3) is 4.62. The van der Waals surface area contributed by atoms with Crippen LogP contribution in [0.1, 0.15) is 19.4 Å². The van der Waals surface area contributed by atoms with Crippen LogP contribution in [0.3, 0.4) is 0 Å². The summed E-state index contributed by atoms with van der Waals surface area (Å²) in [7, 11) is 1.89. The molecule has 0 saturated carbocycles. The highest BCUT2D eigenvalue weighted by Gasteiger charge is 2.11. The monoisotopic (exact) mass is 279 g/mol. The van der Waals surface area contributed by atoms with Crippen molar-refractivity contribution in [3.05, 3.63) is 22.7 Å². The topological polar surface area (TPSA) is 30.5 Å². The maximum Gasteiger partial charge on any atom is 0.179 e. The van der Waals surface area contributed by atoms with E-state index in [2.05, 4.69) is 5.32 Å². The first kappa shape index (κ1) is 16.4. The molecule has 1 aromatic rings. The molecule has 0 amide bonds. The quantitative estimate of drug-likeness (QED) is 0.867. The third-order valence-electron chi connectivity index (χ3n) is 2.04. The fourth-order valence-corrected chi connectivity index (χ4v) is 1.76. The molecule has 0 aliphatic rings. The van der Waals surface area contributed by atoms with Crippen molar-refractivity contribution in [2.75, 3.05) is 20.3 Å². The Morgan fingerprint density at radius 3 is 2.35 bits per heavy atom. The van der Waals surface area contributed by atoms with E-state index in [0.717, 1.165) is 12.1 Å². The van der Waals surface area contributed by atoms with Crippen LogP contribution in [0, 0.1) is 0 Å². The molecule has 0 heterocycles. The molecule has 0 fully saturated rings. The zero-order chi connectivity index (χ0) is 12.0. The largest absolute Gasteiger partial charge is 0.490 e. The Kier molecular flexibility index (Phi) is 8.13. The van der Waals surface area contributed by atoms with Crippen LogP contribution in [0.15, 0.2) is 12.1 Å². The molecule has 0 radical (unpaired) electrons. The molecule has 1 aromatic carbocycles. The molecule has 17 heavy (non-hydrogen) atoms. The van der Waals surface area contributed by atoms with Crippen LogP contribution in [0.2, 0.25) is 5.02 Å². The highest BCUT2D eigenvalue weighted by molar-refractivity contribution is 6.32. The predicted molar refractivity (Wildman–Crippen MR) is 73.8 cm³/mol. The minimum atomic E-state index is 0. The van der Waals surface area contributed by atoms with Gasteiger partial charge in [-0.25, -0.2) is 0 Å². The molecule has 1 rings (SSSR count). The van der Waals surface area contributed by atoms with E-state index in [-0.39, 0.29) is 12.4 Å². The Balaban J connectivity index is 0.00000256. The molecule has 3 nitrogen and oxygen atoms in total. The number of hydrogen-bond donors (Lipinski definition) is 1. The van der Waals surface area contributed by atoms with Crippen LogP contribution in [-0.2, 0) is 6.54 Å². The van der Waals surface area contributed by atoms with Gasteiger partial charge < -0.3 is 14.8 Å². The average Bonchev–Trinajstić information content (AvgIpc) is 2.24. The summed E-state index contributed by atoms with van der Waals surface area (Å²) in [5.41, 5.74) is 1.08. The van der Waals surface area contributed by atoms with Crippen LogP contribution in [-0.4, -0.2) is 20.3 Å². The van der Waals surface area contributed by atoms with Crippen molar-refractivity contribution in [1.82, 2.24) is 5.32 Å². The summed E-state index contributed by atoms with van der Waals surface area (Å²) in [5, 5.41) is 3.67. The number of hydrogen-bond acceptors (Lipinski definition) is 3. The molecule has 0 unspecified atom stereocenters. The molecular formula is C12H19Cl2NO2. The molecule has 98 valence electrons. The first-order valence-corrected chi connectivity index (χ1v) is 5.83. The molecule has 0 aromatic heterocycles. The van der Waals surface area contributed by atoms with Gasteiger partial charge in [-0.05, 0) is 38.6 Å². The van der Waals surface area contributed by atoms with E-state index in [9.17, 15) is 0 Å². The Morgan fingerprint density at radius 1 is 1.18 bits per heavy atom. The molecule has 0 spiro atoms. The van der Waals surface area contributed by atoms with Crippen molar-refractivity contribution in [3.63, 3.8) is 0 Å². The van der Waals surface area contributed by atoms with Gasteiger partial charge in [0.1, 0.15) is 0 Å². The van der Waals surface area contributed by atoms with Crippen molar-refractivity contribution in [2.45, 2.75) is 20.4 Å². The number of halogens is 2. The minimum absolute atomic E-state index is 0. The van der Waals surface area contributed by atoms with Gasteiger partial charge in [-0.15, -0.1) is 12.4 Å². The summed E-state index contributed by atoms with van der Waals surface area (Å²) < 4.78 is 11.0. The van der Waals surface area contributed by atoms with E-state index in [4.69, 9.17) is 21.1 Å². The van der Waals surface area contributed by atoms with Gasteiger partial charge in [0, 0.05) is 6.54 Å². The van der Waals surface area contributed by atoms with Gasteiger partial charge in [0.25, 0.3) is 0 Å². The standard InChI is InChI=1S/C12H18ClNO2.ClH/c1-4-15-11-7-9(8-14-3)6-10(13)12(11)16-5-2;/h6-7,14H,4-5,8H2,1-3H3;1H. The normalized spacial score (nSPS) is 9.65. The second-order valence-corrected chi connectivity index (χ2v) is 3.71. The van der Waals surface area contributed by atoms with E-state index >= 15 is 0 Å². The molecular weight excluding hydrogens is 261 g/mol. The van der Waals surface area contributed by atoms with Crippen molar-refractivity contribution in [3.8, 4) is 11.5 Å². The van der Waals surface area contributed by atoms with Crippen molar-refractivity contribution in [1.29, 1.82) is 0 Å². The Bertz CT molecular complexity index is 346. The van der Waals surface area contributed by atoms with Gasteiger partial charge in [-0.1, -0.05) is 11.6 Å². The maximum absolute atomic E-state index is 6.15. The van der Waals surface area contributed by atoms with Crippen molar-refractivity contribution >= 4 is 24.0 Å². The van der Waals surface area contributed by atoms with Gasteiger partial charge in [-0.3, -0.25) is 0 Å². The molecule has 0 aliphatic heterocycles. The lowest BCUT2D eigenvalue weighted by atomic mass is 10.2. The van der Waals surface area contributed by atoms with E-state index in [1.54, 1.807) is 0 Å². The molecule has 0 atom stereocenters. The first-order valence-electron chi connectivity index (χ1n) is 5.45. The van der Waals surface area contributed by atoms with Crippen LogP contribution in [0.5, 0.6) is 11.5 Å². The summed E-state index contributed by atoms with van der Waals surface area (Å²) in [6.07, 6.45) is 0. The van der Waals surface area contributed by atoms with E-state index in [0.29, 0.717) is 29.7 Å². The fourth-order valence-electron chi connectivity index (χ4n) is 1.47. The zero-order valence-corrected chi connectivity index (χ0v) is 12.0. The van der Waals surface area contributed by atoms with Crippen LogP contribution in [0.4, 0.5) is 0 Å². The van der Waals surface area contributed by atoms with Crippen molar-refractivity contribution in [2.24, 2.45) is 0 Å². The van der Waals surface area contributed by atoms with Crippen LogP contribution >= 0.6 is 24.0 Å². The number of ether oxygens (including phenoxy) is 2. The molecule has 1 N–H and O–H groups in total. The minimum Gasteiger partial charge on any atom is -0.490 e. The molecule has 5 heteroatoms. The number of rotatable bonds is 6. The smallest absolute Gasteiger partial charge is 0.179 e. The van der Waals surface area contributed by atoms with E-state index in [1.807, 2.05) is 33.0 Å². The lowest BCUT2D eigenvalue weighted by molar-refractivity contribution is 0.287. The van der Waals surface area contributed by atoms with Gasteiger partial charge in [0.15, 0.2) is 11.5 Å². The summed E-state index contributed by atoms with van der Waals surface area (Å²) >= 11 is 6.15. The van der Waals surface area contributed by atoms with Crippen LogP contribution < -0.4 is 14.8 Å². The second-order valence-electron chi connectivity index (χ2n) is 3.30. The lowest BCUT2D eigenvalue weighted by Crippen LogP contribution is -2.06. The third-order valence-corrected chi connectivity index (χ3v) is 2.32. The summed E-state index contributed by atoms with van der Waals surface area (Å²) in [6, 6.07) is 3.85. The Labute approximate surface area is 114 Å². The predicted octanol–water partition coefficient (Wildman–Crippen LogP) is 3.28. The summed E-state index contributed by atoms with van der Waals surface area (Å²) in [4.78, 5) is 0. The highest BCUT2D eigenvalue weighted by Crippen LogP contribution is 2.36. The van der Waals surface area contributed by atoms with Crippen LogP contribution in [0.25, 0.3) is 0 Å². The average molecular weight is 280 g/mol. The molecule has 0 saturated heterocycles. The van der Waals surface area contributed by atoms with E-state index < -0.39 is 0 Å². The van der Waals surface area contributed by atoms with Gasteiger partial charge >= 0.3 is 0 Å². The van der Waals surface area contributed by atoms with Gasteiger partial charge in [-0.2, -0.15) is 0 Å². The summed E-state index contributed by atoms with van der Waals surface area (Å²) in [6.45, 7) is 5.79. The van der Waals surface area contributed by atoms with Gasteiger partial charge in [0.2, 0.25) is 0 Å². The summed E-state index contributed by atoms with van der Waals surface area (Å²) in [5.74, 6) is 1.34. The zero-order valence-electron chi connectivity index (χ0n) is 10.4. The SMILES string of the molecule is CCOc1cc(CNC)cc(Cl)c1OCC.Cl. The van der Waals surface area contributed by atoms with E-state index in [1.165, 1.54) is 0 Å². The first-order chi connectivity index (χ1) is 7.72. The second kappa shape index (κ2) is 8.45. The highest BCUT2D eigenvalue weighted by atomic mass is 35.5. The fraction of sp³-hybridized carbons (Fsp3) is 0.500. The van der Waals surface area contributed by atoms with Crippen molar-refractivity contribution < 1.29 is 9.47 Å². The Morgan fingerprint density at radius 2 is 1.82 bits per heavy atom. The number of nitrogens with one attached hydrogen (secondary N) is 1. The maximum atomic E-state index is 6.15. The molecule has 0 aliphatic carbocycles. The number of benzene rings is 1. The molecule has 0 bridgehead atoms. The van der Waals surface area contributed by atoms with Gasteiger partial charge in [0.05, 0.1) is 18.2 Å².